The maximum Gasteiger partial charge on any atom is 0.574 e. The van der Waals surface area contributed by atoms with Crippen LogP contribution in [0.15, 0.2) is 6.07 Å². The second-order valence-corrected chi connectivity index (χ2v) is 3.77. The third-order valence-electron chi connectivity index (χ3n) is 2.12. The van der Waals surface area contributed by atoms with Crippen molar-refractivity contribution in [1.82, 2.24) is 4.98 Å². The first-order valence-corrected chi connectivity index (χ1v) is 5.54. The van der Waals surface area contributed by atoms with Gasteiger partial charge >= 0.3 is 18.5 Å². The van der Waals surface area contributed by atoms with Gasteiger partial charge < -0.3 is 9.47 Å². The van der Waals surface area contributed by atoms with Gasteiger partial charge in [-0.15, -0.1) is 24.8 Å². The van der Waals surface area contributed by atoms with E-state index in [0.717, 1.165) is 7.11 Å². The normalized spacial score (nSPS) is 12.2. The Balaban J connectivity index is 3.52. The largest absolute Gasteiger partial charge is 0.574 e. The van der Waals surface area contributed by atoms with Crippen LogP contribution >= 0.6 is 11.6 Å². The van der Waals surface area contributed by atoms with Crippen molar-refractivity contribution in [3.63, 3.8) is 0 Å². The number of carbonyl (C=O) groups excluding carboxylic acids is 1. The summed E-state index contributed by atoms with van der Waals surface area (Å²) in [6.07, 6.45) is -10.2. The van der Waals surface area contributed by atoms with Crippen molar-refractivity contribution in [2.24, 2.45) is 0 Å². The minimum atomic E-state index is -5.25. The standard InChI is InChI=1S/C10H6ClF6NO3/c1-20-8(19)4-2-5(9(12,13)14)6(3-11)18-7(4)21-10(15,16)17/h2H,3H2,1H3. The molecule has 0 radical (unpaired) electrons. The number of alkyl halides is 7. The molecule has 118 valence electrons. The lowest BCUT2D eigenvalue weighted by atomic mass is 10.1. The van der Waals surface area contributed by atoms with Crippen molar-refractivity contribution in [2.45, 2.75) is 18.4 Å². The zero-order chi connectivity index (χ0) is 16.4. The summed E-state index contributed by atoms with van der Waals surface area (Å²) in [5.74, 6) is -3.66. The second kappa shape index (κ2) is 5.96. The van der Waals surface area contributed by atoms with E-state index < -0.39 is 47.1 Å². The highest BCUT2D eigenvalue weighted by Crippen LogP contribution is 2.36. The molecular weight excluding hydrogens is 332 g/mol. The summed E-state index contributed by atoms with van der Waals surface area (Å²) in [7, 11) is 0.780. The van der Waals surface area contributed by atoms with E-state index in [2.05, 4.69) is 14.5 Å². The molecular formula is C10H6ClF6NO3. The van der Waals surface area contributed by atoms with E-state index in [1.807, 2.05) is 0 Å². The van der Waals surface area contributed by atoms with Crippen molar-refractivity contribution in [3.05, 3.63) is 22.9 Å². The van der Waals surface area contributed by atoms with Gasteiger partial charge in [0.1, 0.15) is 5.56 Å². The molecule has 0 aromatic carbocycles. The average Bonchev–Trinajstić information content (AvgIpc) is 2.34. The zero-order valence-electron chi connectivity index (χ0n) is 10.1. The van der Waals surface area contributed by atoms with Crippen molar-refractivity contribution >= 4 is 17.6 Å². The van der Waals surface area contributed by atoms with E-state index in [1.165, 1.54) is 0 Å². The van der Waals surface area contributed by atoms with Crippen LogP contribution in [0.3, 0.4) is 0 Å². The van der Waals surface area contributed by atoms with Gasteiger partial charge in [-0.3, -0.25) is 0 Å². The number of ether oxygens (including phenoxy) is 2. The Morgan fingerprint density at radius 2 is 1.86 bits per heavy atom. The first kappa shape index (κ1) is 17.3. The molecule has 0 saturated heterocycles. The van der Waals surface area contributed by atoms with Gasteiger partial charge in [0.15, 0.2) is 0 Å². The van der Waals surface area contributed by atoms with E-state index in [-0.39, 0.29) is 6.07 Å². The molecule has 0 saturated carbocycles. The molecule has 1 heterocycles. The van der Waals surface area contributed by atoms with Crippen molar-refractivity contribution in [2.75, 3.05) is 7.11 Å². The van der Waals surface area contributed by atoms with Crippen LogP contribution < -0.4 is 4.74 Å². The Labute approximate surface area is 118 Å². The molecule has 11 heteroatoms. The summed E-state index contributed by atoms with van der Waals surface area (Å²) < 4.78 is 82.3. The number of rotatable bonds is 3. The Morgan fingerprint density at radius 3 is 2.24 bits per heavy atom. The molecule has 0 aliphatic carbocycles. The summed E-state index contributed by atoms with van der Waals surface area (Å²) in [6, 6.07) is 0.150. The third-order valence-corrected chi connectivity index (χ3v) is 2.37. The van der Waals surface area contributed by atoms with E-state index in [9.17, 15) is 31.1 Å². The second-order valence-electron chi connectivity index (χ2n) is 3.51. The molecule has 0 unspecified atom stereocenters. The predicted molar refractivity (Wildman–Crippen MR) is 56.8 cm³/mol. The fourth-order valence-corrected chi connectivity index (χ4v) is 1.53. The van der Waals surface area contributed by atoms with Crippen molar-refractivity contribution in [3.8, 4) is 5.88 Å². The van der Waals surface area contributed by atoms with E-state index in [4.69, 9.17) is 11.6 Å². The topological polar surface area (TPSA) is 48.4 Å². The van der Waals surface area contributed by atoms with Crippen LogP contribution in [0.2, 0.25) is 0 Å². The molecule has 0 aliphatic heterocycles. The maximum atomic E-state index is 12.7. The molecule has 4 nitrogen and oxygen atoms in total. The first-order valence-electron chi connectivity index (χ1n) is 5.00. The SMILES string of the molecule is COC(=O)c1cc(C(F)(F)F)c(CCl)nc1OC(F)(F)F. The lowest BCUT2D eigenvalue weighted by Crippen LogP contribution is -2.22. The smallest absolute Gasteiger partial charge is 0.465 e. The fraction of sp³-hybridized carbons (Fsp3) is 0.400. The van der Waals surface area contributed by atoms with Crippen LogP contribution in [0.4, 0.5) is 26.3 Å². The molecule has 21 heavy (non-hydrogen) atoms. The van der Waals surface area contributed by atoms with Crippen LogP contribution in [0, 0.1) is 0 Å². The Morgan fingerprint density at radius 1 is 1.29 bits per heavy atom. The first-order chi connectivity index (χ1) is 9.49. The maximum absolute atomic E-state index is 12.7. The summed E-state index contributed by atoms with van der Waals surface area (Å²) in [4.78, 5) is 14.3. The summed E-state index contributed by atoms with van der Waals surface area (Å²) in [5, 5.41) is 0. The minimum Gasteiger partial charge on any atom is -0.465 e. The van der Waals surface area contributed by atoms with Crippen LogP contribution in [0.1, 0.15) is 21.6 Å². The van der Waals surface area contributed by atoms with Crippen LogP contribution in [-0.2, 0) is 16.8 Å². The molecule has 0 spiro atoms. The number of halogens is 7. The van der Waals surface area contributed by atoms with Gasteiger partial charge in [-0.25, -0.2) is 9.78 Å². The van der Waals surface area contributed by atoms with Crippen molar-refractivity contribution < 1.29 is 40.6 Å². The number of pyridine rings is 1. The lowest BCUT2D eigenvalue weighted by Gasteiger charge is -2.16. The Bertz CT molecular complexity index is 543. The summed E-state index contributed by atoms with van der Waals surface area (Å²) >= 11 is 5.23. The molecule has 0 fully saturated rings. The number of hydrogen-bond donors (Lipinski definition) is 0. The minimum absolute atomic E-state index is 0.150. The van der Waals surface area contributed by atoms with E-state index in [1.54, 1.807) is 0 Å². The highest BCUT2D eigenvalue weighted by molar-refractivity contribution is 6.17. The Hall–Kier alpha value is -1.71. The van der Waals surface area contributed by atoms with Crippen molar-refractivity contribution in [1.29, 1.82) is 0 Å². The van der Waals surface area contributed by atoms with Crippen LogP contribution in [-0.4, -0.2) is 24.4 Å². The van der Waals surface area contributed by atoms with Gasteiger partial charge in [-0.2, -0.15) is 13.2 Å². The molecule has 0 aliphatic rings. The molecule has 0 amide bonds. The number of aromatic nitrogens is 1. The lowest BCUT2D eigenvalue weighted by molar-refractivity contribution is -0.276. The highest BCUT2D eigenvalue weighted by Gasteiger charge is 2.39. The van der Waals surface area contributed by atoms with Gasteiger partial charge in [0, 0.05) is 0 Å². The highest BCUT2D eigenvalue weighted by atomic mass is 35.5. The molecule has 1 rings (SSSR count). The van der Waals surface area contributed by atoms with Gasteiger partial charge in [0.05, 0.1) is 24.2 Å². The summed E-state index contributed by atoms with van der Waals surface area (Å²) in [5.41, 5.74) is -3.47. The van der Waals surface area contributed by atoms with E-state index in [0.29, 0.717) is 0 Å². The molecule has 1 aromatic rings. The van der Waals surface area contributed by atoms with Crippen LogP contribution in [0.25, 0.3) is 0 Å². The number of hydrogen-bond acceptors (Lipinski definition) is 4. The quantitative estimate of drug-likeness (QED) is 0.481. The van der Waals surface area contributed by atoms with Gasteiger partial charge in [0.25, 0.3) is 0 Å². The van der Waals surface area contributed by atoms with Crippen LogP contribution in [0.5, 0.6) is 5.88 Å². The zero-order valence-corrected chi connectivity index (χ0v) is 10.9. The van der Waals surface area contributed by atoms with E-state index >= 15 is 0 Å². The Kier molecular flexibility index (Phi) is 4.92. The number of esters is 1. The average molecular weight is 338 g/mol. The van der Waals surface area contributed by atoms with Gasteiger partial charge in [-0.1, -0.05) is 0 Å². The number of carbonyl (C=O) groups is 1. The van der Waals surface area contributed by atoms with Gasteiger partial charge in [0.2, 0.25) is 5.88 Å². The number of methoxy groups -OCH3 is 1. The number of nitrogens with zero attached hydrogens (tertiary/aromatic N) is 1. The molecule has 0 N–H and O–H groups in total. The summed E-state index contributed by atoms with van der Waals surface area (Å²) in [6.45, 7) is 0. The fourth-order valence-electron chi connectivity index (χ4n) is 1.32. The molecule has 0 atom stereocenters. The predicted octanol–water partition coefficient (Wildman–Crippen LogP) is 3.52. The molecule has 0 bridgehead atoms. The third kappa shape index (κ3) is 4.38. The molecule has 1 aromatic heterocycles. The van der Waals surface area contributed by atoms with Gasteiger partial charge in [-0.05, 0) is 6.07 Å². The monoisotopic (exact) mass is 337 g/mol.